The van der Waals surface area contributed by atoms with Crippen LogP contribution in [-0.4, -0.2) is 46.9 Å². The van der Waals surface area contributed by atoms with Gasteiger partial charge in [0.1, 0.15) is 23.6 Å². The number of likely N-dealkylation sites (tertiary alicyclic amines) is 1. The number of hydrogen-bond acceptors (Lipinski definition) is 6. The highest BCUT2D eigenvalue weighted by atomic mass is 19.4. The van der Waals surface area contributed by atoms with Crippen molar-refractivity contribution in [1.82, 2.24) is 10.1 Å². The van der Waals surface area contributed by atoms with E-state index in [9.17, 15) is 22.8 Å². The van der Waals surface area contributed by atoms with Gasteiger partial charge in [0.25, 0.3) is 5.91 Å². The van der Waals surface area contributed by atoms with E-state index in [0.717, 1.165) is 0 Å². The minimum absolute atomic E-state index is 0.0158. The maximum Gasteiger partial charge on any atom is 0.573 e. The van der Waals surface area contributed by atoms with Gasteiger partial charge in [-0.25, -0.2) is 0 Å². The number of fused-ring (bicyclic) bond motifs is 3. The Kier molecular flexibility index (Phi) is 5.39. The Morgan fingerprint density at radius 3 is 2.59 bits per heavy atom. The van der Waals surface area contributed by atoms with E-state index in [1.807, 2.05) is 0 Å². The van der Waals surface area contributed by atoms with Gasteiger partial charge in [-0.1, -0.05) is 29.4 Å². The lowest BCUT2D eigenvalue weighted by molar-refractivity contribution is -0.274. The number of anilines is 1. The molecule has 2 amide bonds. The predicted octanol–water partition coefficient (Wildman–Crippen LogP) is 3.78. The lowest BCUT2D eigenvalue weighted by Crippen LogP contribution is -2.47. The number of hydrogen-bond donors (Lipinski definition) is 0. The molecule has 2 aliphatic heterocycles. The molecule has 0 spiro atoms. The first-order valence-corrected chi connectivity index (χ1v) is 10.4. The van der Waals surface area contributed by atoms with E-state index in [-0.39, 0.29) is 36.6 Å². The number of carbonyl (C=O) groups excluding carboxylic acids is 2. The van der Waals surface area contributed by atoms with Crippen molar-refractivity contribution in [2.45, 2.75) is 31.5 Å². The molecule has 8 nitrogen and oxygen atoms in total. The maximum absolute atomic E-state index is 13.7. The molecular formula is C23H18F3N3O5. The number of carbonyl (C=O) groups is 2. The SMILES string of the molecule is O=C1[C@@H]2C[C@@H](CN2C(=O)c2ccno2)Oc2ccccc2N1Cc1ccc(OC(F)(F)F)cc1. The molecule has 5 rings (SSSR count). The highest BCUT2D eigenvalue weighted by molar-refractivity contribution is 6.03. The summed E-state index contributed by atoms with van der Waals surface area (Å²) in [5.41, 5.74) is 1.08. The minimum atomic E-state index is -4.80. The number of rotatable bonds is 4. The zero-order valence-electron chi connectivity index (χ0n) is 17.6. The lowest BCUT2D eigenvalue weighted by Gasteiger charge is -2.31. The second kappa shape index (κ2) is 8.40. The number of amides is 2. The molecule has 11 heteroatoms. The summed E-state index contributed by atoms with van der Waals surface area (Å²) in [6.45, 7) is 0.249. The average Bonchev–Trinajstić information content (AvgIpc) is 3.47. The summed E-state index contributed by atoms with van der Waals surface area (Å²) in [6, 6.07) is 12.9. The normalized spacial score (nSPS) is 19.8. The topological polar surface area (TPSA) is 85.1 Å². The molecule has 1 saturated heterocycles. The molecule has 0 N–H and O–H groups in total. The molecule has 0 aliphatic carbocycles. The summed E-state index contributed by atoms with van der Waals surface area (Å²) in [6.07, 6.45) is -3.54. The van der Waals surface area contributed by atoms with Gasteiger partial charge in [-0.3, -0.25) is 9.59 Å². The molecular weight excluding hydrogens is 455 g/mol. The van der Waals surface area contributed by atoms with Crippen LogP contribution in [0.15, 0.2) is 65.3 Å². The summed E-state index contributed by atoms with van der Waals surface area (Å²) in [5.74, 6) is -0.669. The van der Waals surface area contributed by atoms with Gasteiger partial charge >= 0.3 is 6.36 Å². The molecule has 3 aromatic rings. The molecule has 176 valence electrons. The molecule has 1 aromatic heterocycles. The van der Waals surface area contributed by atoms with Gasteiger partial charge in [-0.05, 0) is 29.8 Å². The number of alkyl halides is 3. The van der Waals surface area contributed by atoms with Crippen LogP contribution in [0.3, 0.4) is 0 Å². The van der Waals surface area contributed by atoms with E-state index in [0.29, 0.717) is 23.4 Å². The van der Waals surface area contributed by atoms with Gasteiger partial charge < -0.3 is 23.8 Å². The first-order valence-electron chi connectivity index (χ1n) is 10.4. The third-order valence-corrected chi connectivity index (χ3v) is 5.67. The fourth-order valence-electron chi connectivity index (χ4n) is 4.21. The number of halogens is 3. The zero-order chi connectivity index (χ0) is 23.9. The molecule has 0 saturated carbocycles. The summed E-state index contributed by atoms with van der Waals surface area (Å²) in [5, 5.41) is 3.56. The van der Waals surface area contributed by atoms with Crippen LogP contribution >= 0.6 is 0 Å². The van der Waals surface area contributed by atoms with Crippen molar-refractivity contribution in [2.24, 2.45) is 0 Å². The Hall–Kier alpha value is -4.02. The molecule has 1 fully saturated rings. The van der Waals surface area contributed by atoms with Crippen molar-refractivity contribution in [2.75, 3.05) is 11.4 Å². The van der Waals surface area contributed by atoms with E-state index in [2.05, 4.69) is 9.89 Å². The highest BCUT2D eigenvalue weighted by Gasteiger charge is 2.45. The fourth-order valence-corrected chi connectivity index (χ4v) is 4.21. The van der Waals surface area contributed by atoms with Crippen LogP contribution in [0.4, 0.5) is 18.9 Å². The van der Waals surface area contributed by atoms with E-state index >= 15 is 0 Å². The molecule has 3 heterocycles. The molecule has 2 aliphatic rings. The van der Waals surface area contributed by atoms with Gasteiger partial charge in [0.2, 0.25) is 11.7 Å². The second-order valence-electron chi connectivity index (χ2n) is 7.91. The van der Waals surface area contributed by atoms with E-state index in [4.69, 9.17) is 9.26 Å². The molecule has 2 bridgehead atoms. The van der Waals surface area contributed by atoms with Crippen molar-refractivity contribution < 1.29 is 36.8 Å². The summed E-state index contributed by atoms with van der Waals surface area (Å²) < 4.78 is 52.5. The van der Waals surface area contributed by atoms with Gasteiger partial charge in [0, 0.05) is 12.5 Å². The van der Waals surface area contributed by atoms with E-state index < -0.39 is 18.3 Å². The number of para-hydroxylation sites is 2. The Morgan fingerprint density at radius 2 is 1.88 bits per heavy atom. The zero-order valence-corrected chi connectivity index (χ0v) is 17.6. The summed E-state index contributed by atoms with van der Waals surface area (Å²) in [7, 11) is 0. The third kappa shape index (κ3) is 4.28. The Labute approximate surface area is 191 Å². The van der Waals surface area contributed by atoms with Gasteiger partial charge in [0.15, 0.2) is 0 Å². The largest absolute Gasteiger partial charge is 0.573 e. The lowest BCUT2D eigenvalue weighted by atomic mass is 10.1. The number of aromatic nitrogens is 1. The predicted molar refractivity (Wildman–Crippen MR) is 111 cm³/mol. The standard InChI is InChI=1S/C23H18F3N3O5/c24-23(25,26)33-15-7-5-14(6-8-15)12-28-17-3-1-2-4-19(17)32-16-11-18(21(28)30)29(13-16)22(31)20-9-10-27-34-20/h1-10,16,18H,11-13H2/t16-,18-/m0/s1. The summed E-state index contributed by atoms with van der Waals surface area (Å²) in [4.78, 5) is 29.6. The number of benzene rings is 2. The van der Waals surface area contributed by atoms with Crippen molar-refractivity contribution >= 4 is 17.5 Å². The number of nitrogens with zero attached hydrogens (tertiary/aromatic N) is 3. The second-order valence-corrected chi connectivity index (χ2v) is 7.91. The van der Waals surface area contributed by atoms with Crippen LogP contribution in [0.5, 0.6) is 11.5 Å². The highest BCUT2D eigenvalue weighted by Crippen LogP contribution is 2.37. The smallest absolute Gasteiger partial charge is 0.486 e. The Morgan fingerprint density at radius 1 is 1.12 bits per heavy atom. The maximum atomic E-state index is 13.7. The van der Waals surface area contributed by atoms with Crippen molar-refractivity contribution in [1.29, 1.82) is 0 Å². The third-order valence-electron chi connectivity index (χ3n) is 5.67. The average molecular weight is 473 g/mol. The van der Waals surface area contributed by atoms with Crippen LogP contribution in [0.2, 0.25) is 0 Å². The molecule has 2 atom stereocenters. The molecule has 0 radical (unpaired) electrons. The van der Waals surface area contributed by atoms with Crippen molar-refractivity contribution in [3.8, 4) is 11.5 Å². The monoisotopic (exact) mass is 473 g/mol. The van der Waals surface area contributed by atoms with Crippen LogP contribution in [0, 0.1) is 0 Å². The quantitative estimate of drug-likeness (QED) is 0.574. The first kappa shape index (κ1) is 21.8. The van der Waals surface area contributed by atoms with Crippen LogP contribution in [0.25, 0.3) is 0 Å². The first-order chi connectivity index (χ1) is 16.3. The van der Waals surface area contributed by atoms with Crippen molar-refractivity contribution in [3.63, 3.8) is 0 Å². The fraction of sp³-hybridized carbons (Fsp3) is 0.261. The molecule has 34 heavy (non-hydrogen) atoms. The minimum Gasteiger partial charge on any atom is -0.486 e. The van der Waals surface area contributed by atoms with E-state index in [1.165, 1.54) is 46.3 Å². The Bertz CT molecular complexity index is 1200. The molecule has 0 unspecified atom stereocenters. The number of ether oxygens (including phenoxy) is 2. The van der Waals surface area contributed by atoms with Gasteiger partial charge in [-0.15, -0.1) is 13.2 Å². The van der Waals surface area contributed by atoms with Gasteiger partial charge in [0.05, 0.1) is 25.0 Å². The molecule has 2 aromatic carbocycles. The van der Waals surface area contributed by atoms with E-state index in [1.54, 1.807) is 24.3 Å². The van der Waals surface area contributed by atoms with Crippen LogP contribution in [-0.2, 0) is 11.3 Å². The van der Waals surface area contributed by atoms with Crippen LogP contribution < -0.4 is 14.4 Å². The summed E-state index contributed by atoms with van der Waals surface area (Å²) >= 11 is 0. The van der Waals surface area contributed by atoms with Crippen molar-refractivity contribution in [3.05, 3.63) is 72.1 Å². The Balaban J connectivity index is 1.46. The van der Waals surface area contributed by atoms with Crippen LogP contribution in [0.1, 0.15) is 22.5 Å². The van der Waals surface area contributed by atoms with Gasteiger partial charge in [-0.2, -0.15) is 0 Å².